The predicted molar refractivity (Wildman–Crippen MR) is 125 cm³/mol. The summed E-state index contributed by atoms with van der Waals surface area (Å²) in [6, 6.07) is 20.2. The third kappa shape index (κ3) is 7.33. The molecule has 3 rings (SSSR count). The lowest BCUT2D eigenvalue weighted by Gasteiger charge is -2.09. The van der Waals surface area contributed by atoms with Crippen LogP contribution in [0.4, 0.5) is 16.2 Å². The number of ether oxygens (including phenoxy) is 2. The molecule has 0 fully saturated rings. The molecule has 32 heavy (non-hydrogen) atoms. The van der Waals surface area contributed by atoms with E-state index in [-0.39, 0.29) is 6.61 Å². The molecule has 164 valence electrons. The van der Waals surface area contributed by atoms with Gasteiger partial charge in [-0.1, -0.05) is 11.6 Å². The summed E-state index contributed by atoms with van der Waals surface area (Å²) >= 11 is 5.82. The Morgan fingerprint density at radius 1 is 0.875 bits per heavy atom. The van der Waals surface area contributed by atoms with E-state index in [1.165, 1.54) is 6.21 Å². The number of methoxy groups -OCH3 is 1. The maximum atomic E-state index is 12.0. The van der Waals surface area contributed by atoms with Crippen molar-refractivity contribution in [1.29, 1.82) is 0 Å². The van der Waals surface area contributed by atoms with Gasteiger partial charge in [0.05, 0.1) is 13.3 Å². The van der Waals surface area contributed by atoms with E-state index in [9.17, 15) is 9.59 Å². The van der Waals surface area contributed by atoms with Crippen LogP contribution in [0.5, 0.6) is 11.5 Å². The number of rotatable bonds is 8. The van der Waals surface area contributed by atoms with Crippen LogP contribution in [0, 0.1) is 0 Å². The summed E-state index contributed by atoms with van der Waals surface area (Å²) in [5.41, 5.74) is 4.39. The van der Waals surface area contributed by atoms with Gasteiger partial charge in [-0.3, -0.25) is 4.79 Å². The van der Waals surface area contributed by atoms with E-state index in [2.05, 4.69) is 21.2 Å². The van der Waals surface area contributed by atoms with Gasteiger partial charge in [-0.2, -0.15) is 5.10 Å². The van der Waals surface area contributed by atoms with Crippen molar-refractivity contribution in [1.82, 2.24) is 5.43 Å². The Morgan fingerprint density at radius 3 is 2.03 bits per heavy atom. The van der Waals surface area contributed by atoms with Gasteiger partial charge in [0, 0.05) is 16.4 Å². The Hall–Kier alpha value is -4.04. The predicted octanol–water partition coefficient (Wildman–Crippen LogP) is 4.52. The van der Waals surface area contributed by atoms with E-state index >= 15 is 0 Å². The van der Waals surface area contributed by atoms with Crippen LogP contribution >= 0.6 is 11.6 Å². The summed E-state index contributed by atoms with van der Waals surface area (Å²) in [5, 5.41) is 9.88. The van der Waals surface area contributed by atoms with Crippen LogP contribution in [0.2, 0.25) is 5.02 Å². The second kappa shape index (κ2) is 11.4. The molecule has 3 aromatic carbocycles. The van der Waals surface area contributed by atoms with Crippen molar-refractivity contribution in [3.8, 4) is 11.5 Å². The molecule has 3 aromatic rings. The lowest BCUT2D eigenvalue weighted by molar-refractivity contribution is -0.123. The average Bonchev–Trinajstić information content (AvgIpc) is 2.80. The molecule has 9 heteroatoms. The van der Waals surface area contributed by atoms with Gasteiger partial charge >= 0.3 is 6.03 Å². The molecule has 0 saturated heterocycles. The van der Waals surface area contributed by atoms with Crippen LogP contribution in [-0.4, -0.2) is 31.9 Å². The van der Waals surface area contributed by atoms with Crippen molar-refractivity contribution in [2.75, 3.05) is 24.4 Å². The molecule has 0 atom stereocenters. The van der Waals surface area contributed by atoms with Gasteiger partial charge in [0.15, 0.2) is 6.61 Å². The quantitative estimate of drug-likeness (QED) is 0.345. The number of nitrogens with zero attached hydrogens (tertiary/aromatic N) is 1. The first-order chi connectivity index (χ1) is 15.5. The topological polar surface area (TPSA) is 101 Å². The lowest BCUT2D eigenvalue weighted by atomic mass is 10.2. The number of halogens is 1. The van der Waals surface area contributed by atoms with Crippen LogP contribution < -0.4 is 25.5 Å². The van der Waals surface area contributed by atoms with Crippen LogP contribution in [0.3, 0.4) is 0 Å². The van der Waals surface area contributed by atoms with E-state index in [1.807, 2.05) is 12.1 Å². The number of anilines is 2. The molecule has 0 aliphatic carbocycles. The van der Waals surface area contributed by atoms with Gasteiger partial charge < -0.3 is 20.1 Å². The van der Waals surface area contributed by atoms with Gasteiger partial charge in [-0.15, -0.1) is 0 Å². The number of hydrogen-bond donors (Lipinski definition) is 3. The van der Waals surface area contributed by atoms with Gasteiger partial charge in [0.1, 0.15) is 11.5 Å². The van der Waals surface area contributed by atoms with E-state index in [4.69, 9.17) is 21.1 Å². The fraction of sp³-hybridized carbons (Fsp3) is 0.0870. The lowest BCUT2D eigenvalue weighted by Crippen LogP contribution is -2.24. The fourth-order valence-corrected chi connectivity index (χ4v) is 2.64. The Bertz CT molecular complexity index is 1070. The zero-order valence-electron chi connectivity index (χ0n) is 17.2. The number of amides is 3. The number of carbonyl (C=O) groups excluding carboxylic acids is 2. The molecular formula is C23H21ClN4O4. The maximum absolute atomic E-state index is 12.0. The summed E-state index contributed by atoms with van der Waals surface area (Å²) in [7, 11) is 1.59. The monoisotopic (exact) mass is 452 g/mol. The van der Waals surface area contributed by atoms with Crippen molar-refractivity contribution in [2.24, 2.45) is 5.10 Å². The largest absolute Gasteiger partial charge is 0.497 e. The van der Waals surface area contributed by atoms with E-state index in [0.29, 0.717) is 22.1 Å². The second-order valence-corrected chi connectivity index (χ2v) is 6.90. The zero-order valence-corrected chi connectivity index (χ0v) is 17.9. The van der Waals surface area contributed by atoms with Gasteiger partial charge in [-0.25, -0.2) is 10.2 Å². The van der Waals surface area contributed by atoms with Crippen molar-refractivity contribution >= 4 is 41.1 Å². The molecule has 0 saturated carbocycles. The van der Waals surface area contributed by atoms with Crippen LogP contribution in [0.1, 0.15) is 5.56 Å². The molecule has 0 aliphatic rings. The van der Waals surface area contributed by atoms with Gasteiger partial charge in [-0.05, 0) is 78.4 Å². The maximum Gasteiger partial charge on any atom is 0.323 e. The van der Waals surface area contributed by atoms with E-state index < -0.39 is 11.9 Å². The Labute approximate surface area is 190 Å². The van der Waals surface area contributed by atoms with Crippen molar-refractivity contribution in [2.45, 2.75) is 0 Å². The first-order valence-electron chi connectivity index (χ1n) is 9.54. The SMILES string of the molecule is COc1ccc(/C=N/NC(=O)COc2ccc(NC(=O)Nc3ccc(Cl)cc3)cc2)cc1. The van der Waals surface area contributed by atoms with Gasteiger partial charge in [0.25, 0.3) is 5.91 Å². The van der Waals surface area contributed by atoms with Gasteiger partial charge in [0.2, 0.25) is 0 Å². The summed E-state index contributed by atoms with van der Waals surface area (Å²) in [6.45, 7) is -0.205. The molecule has 0 spiro atoms. The van der Waals surface area contributed by atoms with E-state index in [0.717, 1.165) is 11.3 Å². The highest BCUT2D eigenvalue weighted by Gasteiger charge is 2.05. The number of nitrogens with one attached hydrogen (secondary N) is 3. The summed E-state index contributed by atoms with van der Waals surface area (Å²) in [5.74, 6) is 0.810. The third-order valence-electron chi connectivity index (χ3n) is 4.10. The zero-order chi connectivity index (χ0) is 22.8. The number of benzene rings is 3. The number of carbonyl (C=O) groups is 2. The minimum absolute atomic E-state index is 0.205. The molecule has 0 unspecified atom stereocenters. The number of urea groups is 1. The third-order valence-corrected chi connectivity index (χ3v) is 4.35. The standard InChI is InChI=1S/C23H21ClN4O4/c1-31-20-10-2-16(3-11-20)14-25-28-22(29)15-32-21-12-8-19(9-13-21)27-23(30)26-18-6-4-17(24)5-7-18/h2-14H,15H2,1H3,(H,28,29)(H2,26,27,30)/b25-14+. The summed E-state index contributed by atoms with van der Waals surface area (Å²) in [6.07, 6.45) is 1.52. The second-order valence-electron chi connectivity index (χ2n) is 6.47. The smallest absolute Gasteiger partial charge is 0.323 e. The first kappa shape index (κ1) is 22.6. The van der Waals surface area contributed by atoms with Crippen molar-refractivity contribution < 1.29 is 19.1 Å². The molecule has 0 aliphatic heterocycles. The normalized spacial score (nSPS) is 10.4. The first-order valence-corrected chi connectivity index (χ1v) is 9.92. The average molecular weight is 453 g/mol. The van der Waals surface area contributed by atoms with Crippen molar-refractivity contribution in [3.63, 3.8) is 0 Å². The number of hydrogen-bond acceptors (Lipinski definition) is 5. The Kier molecular flexibility index (Phi) is 8.05. The minimum Gasteiger partial charge on any atom is -0.497 e. The molecule has 3 amide bonds. The molecule has 0 aromatic heterocycles. The molecule has 0 heterocycles. The molecule has 0 radical (unpaired) electrons. The summed E-state index contributed by atoms with van der Waals surface area (Å²) in [4.78, 5) is 23.9. The molecule has 3 N–H and O–H groups in total. The molecule has 0 bridgehead atoms. The fourth-order valence-electron chi connectivity index (χ4n) is 2.51. The molecular weight excluding hydrogens is 432 g/mol. The Morgan fingerprint density at radius 2 is 1.44 bits per heavy atom. The highest BCUT2D eigenvalue weighted by molar-refractivity contribution is 6.30. The summed E-state index contributed by atoms with van der Waals surface area (Å²) < 4.78 is 10.5. The number of hydrazone groups is 1. The minimum atomic E-state index is -0.403. The van der Waals surface area contributed by atoms with E-state index in [1.54, 1.807) is 67.8 Å². The van der Waals surface area contributed by atoms with Crippen molar-refractivity contribution in [3.05, 3.63) is 83.4 Å². The Balaban J connectivity index is 1.40. The van der Waals surface area contributed by atoms with Crippen LogP contribution in [0.15, 0.2) is 77.9 Å². The van der Waals surface area contributed by atoms with Crippen LogP contribution in [0.25, 0.3) is 0 Å². The van der Waals surface area contributed by atoms with Crippen LogP contribution in [-0.2, 0) is 4.79 Å². The highest BCUT2D eigenvalue weighted by atomic mass is 35.5. The highest BCUT2D eigenvalue weighted by Crippen LogP contribution is 2.17. The molecule has 8 nitrogen and oxygen atoms in total.